The number of pyridine rings is 1. The molecule has 2 N–H and O–H groups in total. The molecule has 0 bridgehead atoms. The van der Waals surface area contributed by atoms with Crippen molar-refractivity contribution in [1.29, 1.82) is 0 Å². The van der Waals surface area contributed by atoms with Gasteiger partial charge in [0.2, 0.25) is 5.88 Å². The number of aromatic hydroxyl groups is 1. The molecule has 8 heteroatoms. The Balaban J connectivity index is 1.71. The second-order valence-electron chi connectivity index (χ2n) is 7.36. The van der Waals surface area contributed by atoms with Crippen molar-refractivity contribution in [2.45, 2.75) is 0 Å². The Morgan fingerprint density at radius 3 is 2.58 bits per heavy atom. The van der Waals surface area contributed by atoms with Crippen LogP contribution in [0.1, 0.15) is 5.56 Å². The Labute approximate surface area is 188 Å². The van der Waals surface area contributed by atoms with E-state index in [9.17, 15) is 9.90 Å². The van der Waals surface area contributed by atoms with Gasteiger partial charge in [-0.2, -0.15) is 5.10 Å². The summed E-state index contributed by atoms with van der Waals surface area (Å²) in [6.45, 7) is 0. The Bertz CT molecular complexity index is 1580. The number of hydrogen-bond acceptors (Lipinski definition) is 6. The van der Waals surface area contributed by atoms with Crippen molar-refractivity contribution in [1.82, 2.24) is 14.8 Å². The lowest BCUT2D eigenvalue weighted by Crippen LogP contribution is -2.20. The van der Waals surface area contributed by atoms with Crippen LogP contribution < -0.4 is 15.0 Å². The molecule has 0 spiro atoms. The van der Waals surface area contributed by atoms with Crippen LogP contribution >= 0.6 is 0 Å². The van der Waals surface area contributed by atoms with E-state index in [1.807, 2.05) is 24.3 Å². The first kappa shape index (κ1) is 20.3. The number of aromatic nitrogens is 3. The van der Waals surface area contributed by atoms with Crippen molar-refractivity contribution in [2.24, 2.45) is 4.99 Å². The molecule has 3 aromatic carbocycles. The number of nitrogens with zero attached hydrogens (tertiary/aromatic N) is 3. The summed E-state index contributed by atoms with van der Waals surface area (Å²) in [5.74, 6) is 0.739. The van der Waals surface area contributed by atoms with Gasteiger partial charge in [-0.25, -0.2) is 4.57 Å². The average molecular weight is 440 g/mol. The molecule has 2 heterocycles. The molecule has 0 unspecified atom stereocenters. The number of nitrogens with one attached hydrogen (secondary N) is 1. The van der Waals surface area contributed by atoms with Crippen LogP contribution in [0.5, 0.6) is 17.4 Å². The van der Waals surface area contributed by atoms with E-state index >= 15 is 0 Å². The summed E-state index contributed by atoms with van der Waals surface area (Å²) in [6, 6.07) is 17.7. The van der Waals surface area contributed by atoms with Crippen molar-refractivity contribution >= 4 is 33.6 Å². The van der Waals surface area contributed by atoms with Gasteiger partial charge >= 0.3 is 0 Å². The standard InChI is InChI=1S/C25H20N4O4/c1-32-22-10-8-17(12-23(22)33-2)29-24(30)19-6-4-3-5-18(19)20(25(29)31)14-26-16-7-9-21-15(11-16)13-27-28-21/h3-14,31H,1-2H3,(H,27,28). The number of ether oxygens (including phenoxy) is 2. The fraction of sp³-hybridized carbons (Fsp3) is 0.0800. The number of methoxy groups -OCH3 is 2. The topological polar surface area (TPSA) is 102 Å². The van der Waals surface area contributed by atoms with Crippen LogP contribution in [0.25, 0.3) is 27.4 Å². The predicted molar refractivity (Wildman–Crippen MR) is 128 cm³/mol. The van der Waals surface area contributed by atoms with E-state index in [1.54, 1.807) is 48.8 Å². The molecule has 2 aromatic heterocycles. The lowest BCUT2D eigenvalue weighted by molar-refractivity contribution is 0.354. The van der Waals surface area contributed by atoms with E-state index in [1.165, 1.54) is 18.8 Å². The Morgan fingerprint density at radius 2 is 1.79 bits per heavy atom. The molecule has 5 aromatic rings. The van der Waals surface area contributed by atoms with Crippen molar-refractivity contribution in [3.8, 4) is 23.1 Å². The molecule has 0 saturated carbocycles. The number of benzene rings is 3. The van der Waals surface area contributed by atoms with Gasteiger partial charge in [-0.05, 0) is 36.4 Å². The highest BCUT2D eigenvalue weighted by Gasteiger charge is 2.17. The van der Waals surface area contributed by atoms with Gasteiger partial charge in [0.15, 0.2) is 11.5 Å². The van der Waals surface area contributed by atoms with Crippen LogP contribution in [0.4, 0.5) is 5.69 Å². The molecule has 0 aliphatic rings. The largest absolute Gasteiger partial charge is 0.494 e. The van der Waals surface area contributed by atoms with Gasteiger partial charge in [0.25, 0.3) is 5.56 Å². The molecule has 0 amide bonds. The normalized spacial score (nSPS) is 11.5. The van der Waals surface area contributed by atoms with Crippen LogP contribution in [0.3, 0.4) is 0 Å². The number of hydrogen-bond donors (Lipinski definition) is 2. The third-order valence-corrected chi connectivity index (χ3v) is 5.50. The summed E-state index contributed by atoms with van der Waals surface area (Å²) in [6.07, 6.45) is 3.29. The van der Waals surface area contributed by atoms with Crippen LogP contribution in [-0.4, -0.2) is 40.3 Å². The molecular weight excluding hydrogens is 420 g/mol. The lowest BCUT2D eigenvalue weighted by atomic mass is 10.1. The zero-order valence-electron chi connectivity index (χ0n) is 17.9. The van der Waals surface area contributed by atoms with Crippen molar-refractivity contribution < 1.29 is 14.6 Å². The molecule has 0 fully saturated rings. The SMILES string of the molecule is COc1ccc(-n2c(O)c(C=Nc3ccc4[nH]ncc4c3)c3ccccc3c2=O)cc1OC. The van der Waals surface area contributed by atoms with E-state index < -0.39 is 0 Å². The van der Waals surface area contributed by atoms with Gasteiger partial charge in [-0.15, -0.1) is 0 Å². The van der Waals surface area contributed by atoms with Gasteiger partial charge in [-0.3, -0.25) is 14.9 Å². The average Bonchev–Trinajstić information content (AvgIpc) is 3.32. The Kier molecular flexibility index (Phi) is 5.02. The molecular formula is C25H20N4O4. The van der Waals surface area contributed by atoms with Gasteiger partial charge in [-0.1, -0.05) is 18.2 Å². The van der Waals surface area contributed by atoms with Crippen molar-refractivity contribution in [3.63, 3.8) is 0 Å². The summed E-state index contributed by atoms with van der Waals surface area (Å²) in [7, 11) is 3.05. The van der Waals surface area contributed by atoms with Crippen molar-refractivity contribution in [3.05, 3.63) is 82.8 Å². The highest BCUT2D eigenvalue weighted by atomic mass is 16.5. The van der Waals surface area contributed by atoms with Gasteiger partial charge in [0.1, 0.15) is 0 Å². The smallest absolute Gasteiger partial charge is 0.265 e. The molecule has 0 radical (unpaired) electrons. The van der Waals surface area contributed by atoms with Crippen LogP contribution in [0.15, 0.2) is 76.6 Å². The van der Waals surface area contributed by atoms with Gasteiger partial charge in [0.05, 0.1) is 42.9 Å². The molecule has 8 nitrogen and oxygen atoms in total. The summed E-state index contributed by atoms with van der Waals surface area (Å²) in [5, 5.41) is 20.1. The highest BCUT2D eigenvalue weighted by molar-refractivity contribution is 6.02. The molecule has 0 aliphatic heterocycles. The maximum absolute atomic E-state index is 13.3. The summed E-state index contributed by atoms with van der Waals surface area (Å²) in [5.41, 5.74) is 2.11. The summed E-state index contributed by atoms with van der Waals surface area (Å²) in [4.78, 5) is 17.9. The lowest BCUT2D eigenvalue weighted by Gasteiger charge is -2.15. The maximum atomic E-state index is 13.3. The van der Waals surface area contributed by atoms with Crippen molar-refractivity contribution in [2.75, 3.05) is 14.2 Å². The minimum absolute atomic E-state index is 0.223. The molecule has 0 aliphatic carbocycles. The molecule has 33 heavy (non-hydrogen) atoms. The zero-order valence-corrected chi connectivity index (χ0v) is 17.9. The van der Waals surface area contributed by atoms with Crippen LogP contribution in [0, 0.1) is 0 Å². The second-order valence-corrected chi connectivity index (χ2v) is 7.36. The monoisotopic (exact) mass is 440 g/mol. The minimum atomic E-state index is -0.354. The molecule has 0 saturated heterocycles. The van der Waals surface area contributed by atoms with E-state index in [0.29, 0.717) is 39.2 Å². The fourth-order valence-electron chi connectivity index (χ4n) is 3.84. The third kappa shape index (κ3) is 3.47. The molecule has 5 rings (SSSR count). The van der Waals surface area contributed by atoms with Crippen LogP contribution in [0.2, 0.25) is 0 Å². The maximum Gasteiger partial charge on any atom is 0.265 e. The Hall–Kier alpha value is -4.59. The molecule has 0 atom stereocenters. The predicted octanol–water partition coefficient (Wildman–Crippen LogP) is 4.34. The van der Waals surface area contributed by atoms with E-state index in [0.717, 1.165) is 10.9 Å². The number of rotatable bonds is 5. The van der Waals surface area contributed by atoms with E-state index in [-0.39, 0.29) is 11.4 Å². The quantitative estimate of drug-likeness (QED) is 0.396. The zero-order chi connectivity index (χ0) is 22.9. The second kappa shape index (κ2) is 8.16. The first-order chi connectivity index (χ1) is 16.1. The number of aromatic amines is 1. The number of fused-ring (bicyclic) bond motifs is 2. The molecule has 164 valence electrons. The fourth-order valence-corrected chi connectivity index (χ4v) is 3.84. The van der Waals surface area contributed by atoms with E-state index in [4.69, 9.17) is 9.47 Å². The summed E-state index contributed by atoms with van der Waals surface area (Å²) >= 11 is 0. The Morgan fingerprint density at radius 1 is 1.00 bits per heavy atom. The van der Waals surface area contributed by atoms with Gasteiger partial charge in [0, 0.05) is 28.4 Å². The highest BCUT2D eigenvalue weighted by Crippen LogP contribution is 2.32. The van der Waals surface area contributed by atoms with E-state index in [2.05, 4.69) is 15.2 Å². The minimum Gasteiger partial charge on any atom is -0.494 e. The number of aliphatic imine (C=N–C) groups is 1. The first-order valence-corrected chi connectivity index (χ1v) is 10.2. The first-order valence-electron chi connectivity index (χ1n) is 10.2. The summed E-state index contributed by atoms with van der Waals surface area (Å²) < 4.78 is 11.9. The van der Waals surface area contributed by atoms with Gasteiger partial charge < -0.3 is 14.6 Å². The number of H-pyrrole nitrogens is 1. The van der Waals surface area contributed by atoms with Crippen LogP contribution in [-0.2, 0) is 0 Å². The third-order valence-electron chi connectivity index (χ3n) is 5.50.